The Morgan fingerprint density at radius 1 is 1.06 bits per heavy atom. The number of rotatable bonds is 7. The first-order valence-electron chi connectivity index (χ1n) is 11.4. The maximum absolute atomic E-state index is 13.0. The predicted octanol–water partition coefficient (Wildman–Crippen LogP) is 5.55. The fourth-order valence-electron chi connectivity index (χ4n) is 4.12. The summed E-state index contributed by atoms with van der Waals surface area (Å²) in [6.07, 6.45) is 7.06. The molecule has 7 nitrogen and oxygen atoms in total. The number of amides is 2. The maximum atomic E-state index is 13.0. The molecule has 2 heterocycles. The highest BCUT2D eigenvalue weighted by Gasteiger charge is 2.28. The van der Waals surface area contributed by atoms with Crippen LogP contribution in [0.25, 0.3) is 0 Å². The molecule has 3 aromatic rings. The third-order valence-corrected chi connectivity index (χ3v) is 5.96. The van der Waals surface area contributed by atoms with Crippen molar-refractivity contribution in [2.45, 2.75) is 59.3 Å². The van der Waals surface area contributed by atoms with Gasteiger partial charge in [0.2, 0.25) is 0 Å². The van der Waals surface area contributed by atoms with Crippen LogP contribution < -0.4 is 10.7 Å². The fraction of sp³-hybridized carbons (Fsp3) is 0.346. The van der Waals surface area contributed by atoms with Crippen molar-refractivity contribution in [3.63, 3.8) is 0 Å². The van der Waals surface area contributed by atoms with Gasteiger partial charge in [-0.25, -0.2) is 5.43 Å². The van der Waals surface area contributed by atoms with Gasteiger partial charge in [-0.3, -0.25) is 9.59 Å². The van der Waals surface area contributed by atoms with E-state index in [1.54, 1.807) is 13.0 Å². The predicted molar refractivity (Wildman–Crippen MR) is 127 cm³/mol. The van der Waals surface area contributed by atoms with Gasteiger partial charge in [0.25, 0.3) is 11.8 Å². The van der Waals surface area contributed by atoms with Gasteiger partial charge in [0.1, 0.15) is 11.5 Å². The molecule has 2 amide bonds. The van der Waals surface area contributed by atoms with Gasteiger partial charge in [0.05, 0.1) is 17.5 Å². The normalized spacial score (nSPS) is 14.2. The van der Waals surface area contributed by atoms with Crippen LogP contribution in [0, 0.1) is 13.8 Å². The Labute approximate surface area is 193 Å². The zero-order chi connectivity index (χ0) is 23.4. The average molecular weight is 448 g/mol. The summed E-state index contributed by atoms with van der Waals surface area (Å²) < 4.78 is 11.1. The van der Waals surface area contributed by atoms with Gasteiger partial charge >= 0.3 is 0 Å². The summed E-state index contributed by atoms with van der Waals surface area (Å²) in [5.41, 5.74) is 7.29. The molecule has 0 saturated carbocycles. The molecule has 0 bridgehead atoms. The maximum Gasteiger partial charge on any atom is 0.291 e. The fourth-order valence-corrected chi connectivity index (χ4v) is 4.12. The number of furan rings is 2. The standard InChI is InChI=1S/C26H29N3O4/c1-4-5-7-18-10-12-19(13-11-18)27-26(31)24-16(2)23-21(8-6-9-22(23)33-24)28-29-25(30)20-14-15-32-17(20)3/h10-15H,4-9H2,1-3H3,(H,27,31)(H,29,30)/b28-21+. The summed E-state index contributed by atoms with van der Waals surface area (Å²) in [7, 11) is 0. The van der Waals surface area contributed by atoms with Crippen molar-refractivity contribution in [1.82, 2.24) is 5.43 Å². The third-order valence-electron chi connectivity index (χ3n) is 5.96. The van der Waals surface area contributed by atoms with Crippen molar-refractivity contribution in [2.75, 3.05) is 5.32 Å². The summed E-state index contributed by atoms with van der Waals surface area (Å²) >= 11 is 0. The van der Waals surface area contributed by atoms with E-state index >= 15 is 0 Å². The van der Waals surface area contributed by atoms with Crippen molar-refractivity contribution < 1.29 is 18.4 Å². The molecule has 0 atom stereocenters. The number of nitrogens with zero attached hydrogens (tertiary/aromatic N) is 1. The summed E-state index contributed by atoms with van der Waals surface area (Å²) in [5.74, 6) is 0.921. The van der Waals surface area contributed by atoms with E-state index in [2.05, 4.69) is 22.8 Å². The highest BCUT2D eigenvalue weighted by molar-refractivity contribution is 6.09. The molecule has 0 aliphatic heterocycles. The number of hydrogen-bond donors (Lipinski definition) is 2. The molecule has 1 aliphatic carbocycles. The van der Waals surface area contributed by atoms with E-state index in [9.17, 15) is 9.59 Å². The molecule has 33 heavy (non-hydrogen) atoms. The number of hydrazone groups is 1. The van der Waals surface area contributed by atoms with Crippen LogP contribution in [0.4, 0.5) is 5.69 Å². The Bertz CT molecular complexity index is 1180. The smallest absolute Gasteiger partial charge is 0.291 e. The van der Waals surface area contributed by atoms with Gasteiger partial charge in [0.15, 0.2) is 5.76 Å². The second-order valence-corrected chi connectivity index (χ2v) is 8.35. The van der Waals surface area contributed by atoms with E-state index in [-0.39, 0.29) is 17.6 Å². The number of anilines is 1. The van der Waals surface area contributed by atoms with Crippen molar-refractivity contribution >= 4 is 23.2 Å². The van der Waals surface area contributed by atoms with Crippen LogP contribution >= 0.6 is 0 Å². The lowest BCUT2D eigenvalue weighted by Crippen LogP contribution is -2.22. The lowest BCUT2D eigenvalue weighted by atomic mass is 9.93. The summed E-state index contributed by atoms with van der Waals surface area (Å²) in [4.78, 5) is 25.3. The third kappa shape index (κ3) is 4.92. The molecule has 0 fully saturated rings. The zero-order valence-corrected chi connectivity index (χ0v) is 19.3. The minimum Gasteiger partial charge on any atom is -0.469 e. The second-order valence-electron chi connectivity index (χ2n) is 8.35. The molecule has 0 saturated heterocycles. The van der Waals surface area contributed by atoms with Crippen LogP contribution in [0.1, 0.15) is 81.7 Å². The van der Waals surface area contributed by atoms with Crippen molar-refractivity contribution in [2.24, 2.45) is 5.10 Å². The van der Waals surface area contributed by atoms with Gasteiger partial charge < -0.3 is 14.2 Å². The summed E-state index contributed by atoms with van der Waals surface area (Å²) in [5, 5.41) is 7.29. The van der Waals surface area contributed by atoms with Crippen LogP contribution in [0.3, 0.4) is 0 Å². The quantitative estimate of drug-likeness (QED) is 0.464. The first-order valence-corrected chi connectivity index (χ1v) is 11.4. The van der Waals surface area contributed by atoms with Crippen LogP contribution in [0.15, 0.2) is 50.5 Å². The molecule has 1 aromatic carbocycles. The second kappa shape index (κ2) is 9.90. The molecular weight excluding hydrogens is 418 g/mol. The Hall–Kier alpha value is -3.61. The molecule has 0 radical (unpaired) electrons. The minimum absolute atomic E-state index is 0.279. The number of benzene rings is 1. The number of fused-ring (bicyclic) bond motifs is 1. The van der Waals surface area contributed by atoms with Gasteiger partial charge in [-0.15, -0.1) is 0 Å². The highest BCUT2D eigenvalue weighted by Crippen LogP contribution is 2.30. The summed E-state index contributed by atoms with van der Waals surface area (Å²) in [6.45, 7) is 5.75. The minimum atomic E-state index is -0.331. The Balaban J connectivity index is 1.50. The van der Waals surface area contributed by atoms with E-state index in [1.807, 2.05) is 31.2 Å². The topological polar surface area (TPSA) is 96.8 Å². The van der Waals surface area contributed by atoms with E-state index in [0.29, 0.717) is 23.5 Å². The summed E-state index contributed by atoms with van der Waals surface area (Å²) in [6, 6.07) is 9.53. The Kier molecular flexibility index (Phi) is 6.77. The Morgan fingerprint density at radius 2 is 1.85 bits per heavy atom. The van der Waals surface area contributed by atoms with E-state index < -0.39 is 0 Å². The first-order chi connectivity index (χ1) is 16.0. The molecule has 1 aliphatic rings. The lowest BCUT2D eigenvalue weighted by molar-refractivity contribution is 0.0952. The number of carbonyl (C=O) groups excluding carboxylic acids is 2. The number of carbonyl (C=O) groups is 2. The molecule has 7 heteroatoms. The van der Waals surface area contributed by atoms with Crippen LogP contribution in [0.5, 0.6) is 0 Å². The lowest BCUT2D eigenvalue weighted by Gasteiger charge is -2.13. The van der Waals surface area contributed by atoms with Gasteiger partial charge in [-0.2, -0.15) is 5.10 Å². The molecular formula is C26H29N3O4. The first kappa shape index (κ1) is 22.6. The molecule has 0 spiro atoms. The average Bonchev–Trinajstić information content (AvgIpc) is 3.40. The molecule has 4 rings (SSSR count). The number of aryl methyl sites for hydroxylation is 3. The van der Waals surface area contributed by atoms with Crippen molar-refractivity contribution in [1.29, 1.82) is 0 Å². The van der Waals surface area contributed by atoms with Gasteiger partial charge in [0, 0.05) is 23.2 Å². The number of unbranched alkanes of at least 4 members (excludes halogenated alkanes) is 1. The van der Waals surface area contributed by atoms with Crippen molar-refractivity contribution in [3.05, 3.63) is 76.1 Å². The SMILES string of the molecule is CCCCc1ccc(NC(=O)c2oc3c(c2C)/C(=N/NC(=O)c2ccoc2C)CCC3)cc1. The van der Waals surface area contributed by atoms with E-state index in [1.165, 1.54) is 11.8 Å². The van der Waals surface area contributed by atoms with Gasteiger partial charge in [-0.1, -0.05) is 25.5 Å². The van der Waals surface area contributed by atoms with Crippen LogP contribution in [0.2, 0.25) is 0 Å². The van der Waals surface area contributed by atoms with Gasteiger partial charge in [-0.05, 0) is 63.3 Å². The number of hydrogen-bond acceptors (Lipinski definition) is 5. The highest BCUT2D eigenvalue weighted by atomic mass is 16.4. The molecule has 2 aromatic heterocycles. The molecule has 2 N–H and O–H groups in total. The van der Waals surface area contributed by atoms with E-state index in [4.69, 9.17) is 8.83 Å². The largest absolute Gasteiger partial charge is 0.469 e. The monoisotopic (exact) mass is 447 g/mol. The zero-order valence-electron chi connectivity index (χ0n) is 19.3. The van der Waals surface area contributed by atoms with Crippen molar-refractivity contribution in [3.8, 4) is 0 Å². The number of nitrogens with one attached hydrogen (secondary N) is 2. The molecule has 172 valence electrons. The van der Waals surface area contributed by atoms with E-state index in [0.717, 1.165) is 54.7 Å². The van der Waals surface area contributed by atoms with Crippen LogP contribution in [-0.4, -0.2) is 17.5 Å². The Morgan fingerprint density at radius 3 is 2.55 bits per heavy atom. The van der Waals surface area contributed by atoms with Crippen LogP contribution in [-0.2, 0) is 12.8 Å². The molecule has 0 unspecified atom stereocenters.